The normalized spacial score (nSPS) is 14.3. The Bertz CT molecular complexity index is 1180. The minimum atomic E-state index is 0.580. The van der Waals surface area contributed by atoms with Crippen LogP contribution in [0.1, 0.15) is 22.4 Å². The van der Waals surface area contributed by atoms with Crippen molar-refractivity contribution in [3.63, 3.8) is 0 Å². The van der Waals surface area contributed by atoms with E-state index >= 15 is 0 Å². The van der Waals surface area contributed by atoms with E-state index in [-0.39, 0.29) is 0 Å². The predicted molar refractivity (Wildman–Crippen MR) is 115 cm³/mol. The average molecular weight is 387 g/mol. The highest BCUT2D eigenvalue weighted by Gasteiger charge is 2.19. The highest BCUT2D eigenvalue weighted by molar-refractivity contribution is 7.71. The second-order valence-corrected chi connectivity index (χ2v) is 7.82. The van der Waals surface area contributed by atoms with E-state index in [1.807, 2.05) is 6.20 Å². The van der Waals surface area contributed by atoms with Gasteiger partial charge in [0.2, 0.25) is 0 Å². The molecule has 1 aliphatic heterocycles. The van der Waals surface area contributed by atoms with Crippen molar-refractivity contribution < 1.29 is 0 Å². The summed E-state index contributed by atoms with van der Waals surface area (Å²) in [6, 6.07) is 19.4. The molecule has 4 aromatic rings. The number of aromatic nitrogens is 3. The number of nitrogens with one attached hydrogen (secondary N) is 1. The van der Waals surface area contributed by atoms with Gasteiger partial charge in [0.1, 0.15) is 0 Å². The Labute approximate surface area is 169 Å². The number of hydrogen-bond donors (Lipinski definition) is 1. The van der Waals surface area contributed by atoms with Crippen LogP contribution in [0.15, 0.2) is 67.0 Å². The molecule has 0 spiro atoms. The molecule has 5 rings (SSSR count). The van der Waals surface area contributed by atoms with Crippen LogP contribution in [0.25, 0.3) is 10.9 Å². The lowest BCUT2D eigenvalue weighted by molar-refractivity contribution is 0.243. The fourth-order valence-electron chi connectivity index (χ4n) is 4.14. The molecule has 2 aromatic heterocycles. The van der Waals surface area contributed by atoms with Gasteiger partial charge >= 0.3 is 0 Å². The molecule has 2 aromatic carbocycles. The smallest absolute Gasteiger partial charge is 0.196 e. The predicted octanol–water partition coefficient (Wildman–Crippen LogP) is 4.70. The molecule has 1 N–H and O–H groups in total. The van der Waals surface area contributed by atoms with Crippen LogP contribution in [0, 0.1) is 4.77 Å². The molecule has 0 fully saturated rings. The highest BCUT2D eigenvalue weighted by Crippen LogP contribution is 2.26. The van der Waals surface area contributed by atoms with Crippen LogP contribution in [-0.4, -0.2) is 26.0 Å². The third kappa shape index (κ3) is 3.39. The monoisotopic (exact) mass is 386 g/mol. The van der Waals surface area contributed by atoms with E-state index in [0.717, 1.165) is 32.6 Å². The third-order valence-electron chi connectivity index (χ3n) is 5.52. The zero-order valence-electron chi connectivity index (χ0n) is 15.6. The molecular weight excluding hydrogens is 364 g/mol. The summed E-state index contributed by atoms with van der Waals surface area (Å²) in [4.78, 5) is 10.0. The summed E-state index contributed by atoms with van der Waals surface area (Å²) in [5.41, 5.74) is 6.50. The molecule has 5 heteroatoms. The summed E-state index contributed by atoms with van der Waals surface area (Å²) in [5.74, 6) is 0. The second-order valence-electron chi connectivity index (χ2n) is 7.44. The van der Waals surface area contributed by atoms with Crippen LogP contribution >= 0.6 is 12.2 Å². The maximum absolute atomic E-state index is 5.16. The maximum Gasteiger partial charge on any atom is 0.196 e. The quantitative estimate of drug-likeness (QED) is 0.517. The molecule has 28 heavy (non-hydrogen) atoms. The van der Waals surface area contributed by atoms with Crippen LogP contribution in [-0.2, 0) is 26.1 Å². The van der Waals surface area contributed by atoms with Gasteiger partial charge in [-0.1, -0.05) is 48.5 Å². The van der Waals surface area contributed by atoms with Crippen molar-refractivity contribution in [2.45, 2.75) is 26.1 Å². The Morgan fingerprint density at radius 2 is 1.82 bits per heavy atom. The summed E-state index contributed by atoms with van der Waals surface area (Å²) in [6.45, 7) is 3.77. The molecule has 0 aliphatic carbocycles. The molecule has 0 unspecified atom stereocenters. The number of para-hydroxylation sites is 1. The SMILES string of the molecule is S=c1ncc2c([nH]1)CCN(Cc1cn(Cc3ccccc3)c3ccccc13)C2. The van der Waals surface area contributed by atoms with E-state index < -0.39 is 0 Å². The summed E-state index contributed by atoms with van der Waals surface area (Å²) >= 11 is 5.16. The van der Waals surface area contributed by atoms with Gasteiger partial charge in [-0.15, -0.1) is 0 Å². The standard InChI is InChI=1S/C23H22N4S/c28-23-24-12-18-14-26(11-10-21(18)25-23)15-19-16-27(13-17-6-2-1-3-7-17)22-9-5-4-8-20(19)22/h1-9,12,16H,10-11,13-15H2,(H,24,25,28). The Morgan fingerprint density at radius 3 is 2.71 bits per heavy atom. The summed E-state index contributed by atoms with van der Waals surface area (Å²) in [6.07, 6.45) is 5.24. The number of aromatic amines is 1. The maximum atomic E-state index is 5.16. The first kappa shape index (κ1) is 17.3. The van der Waals surface area contributed by atoms with E-state index in [0.29, 0.717) is 4.77 Å². The molecule has 0 bridgehead atoms. The Morgan fingerprint density at radius 1 is 1.00 bits per heavy atom. The molecule has 140 valence electrons. The van der Waals surface area contributed by atoms with Gasteiger partial charge in [0.05, 0.1) is 0 Å². The molecule has 1 aliphatic rings. The Balaban J connectivity index is 1.43. The van der Waals surface area contributed by atoms with E-state index in [1.54, 1.807) is 0 Å². The van der Waals surface area contributed by atoms with Crippen molar-refractivity contribution in [3.05, 3.63) is 94.1 Å². The Kier molecular flexibility index (Phi) is 4.55. The number of hydrogen-bond acceptors (Lipinski definition) is 3. The molecule has 4 nitrogen and oxygen atoms in total. The minimum Gasteiger partial charge on any atom is -0.343 e. The van der Waals surface area contributed by atoms with Gasteiger partial charge in [0, 0.05) is 67.2 Å². The lowest BCUT2D eigenvalue weighted by Crippen LogP contribution is -2.30. The van der Waals surface area contributed by atoms with Gasteiger partial charge in [-0.05, 0) is 29.4 Å². The molecule has 0 radical (unpaired) electrons. The fraction of sp³-hybridized carbons (Fsp3) is 0.217. The highest BCUT2D eigenvalue weighted by atomic mass is 32.1. The topological polar surface area (TPSA) is 36.9 Å². The largest absolute Gasteiger partial charge is 0.343 e. The van der Waals surface area contributed by atoms with Crippen molar-refractivity contribution in [1.29, 1.82) is 0 Å². The minimum absolute atomic E-state index is 0.580. The molecule has 3 heterocycles. The van der Waals surface area contributed by atoms with E-state index in [1.165, 1.54) is 33.3 Å². The van der Waals surface area contributed by atoms with Crippen molar-refractivity contribution in [3.8, 4) is 0 Å². The van der Waals surface area contributed by atoms with Crippen LogP contribution in [0.2, 0.25) is 0 Å². The van der Waals surface area contributed by atoms with E-state index in [4.69, 9.17) is 12.2 Å². The first-order valence-electron chi connectivity index (χ1n) is 9.66. The van der Waals surface area contributed by atoms with Gasteiger partial charge in [0.25, 0.3) is 0 Å². The molecule has 0 atom stereocenters. The van der Waals surface area contributed by atoms with Gasteiger partial charge < -0.3 is 9.55 Å². The van der Waals surface area contributed by atoms with E-state index in [9.17, 15) is 0 Å². The summed E-state index contributed by atoms with van der Waals surface area (Å²) in [5, 5.41) is 1.34. The molecule has 0 saturated heterocycles. The van der Waals surface area contributed by atoms with Crippen LogP contribution < -0.4 is 0 Å². The van der Waals surface area contributed by atoms with Gasteiger partial charge in [0.15, 0.2) is 4.77 Å². The van der Waals surface area contributed by atoms with Crippen molar-refractivity contribution in [1.82, 2.24) is 19.4 Å². The average Bonchev–Trinajstić information content (AvgIpc) is 3.06. The summed E-state index contributed by atoms with van der Waals surface area (Å²) in [7, 11) is 0. The van der Waals surface area contributed by atoms with Gasteiger partial charge in [-0.3, -0.25) is 4.90 Å². The third-order valence-corrected chi connectivity index (χ3v) is 5.72. The zero-order valence-corrected chi connectivity index (χ0v) is 16.5. The van der Waals surface area contributed by atoms with Crippen molar-refractivity contribution in [2.24, 2.45) is 0 Å². The fourth-order valence-corrected chi connectivity index (χ4v) is 4.32. The van der Waals surface area contributed by atoms with Crippen LogP contribution in [0.3, 0.4) is 0 Å². The van der Waals surface area contributed by atoms with Crippen LogP contribution in [0.4, 0.5) is 0 Å². The number of fused-ring (bicyclic) bond motifs is 2. The molecule has 0 amide bonds. The van der Waals surface area contributed by atoms with Crippen molar-refractivity contribution in [2.75, 3.05) is 6.54 Å². The number of H-pyrrole nitrogens is 1. The lowest BCUT2D eigenvalue weighted by Gasteiger charge is -2.27. The second kappa shape index (κ2) is 7.34. The van der Waals surface area contributed by atoms with Crippen LogP contribution in [0.5, 0.6) is 0 Å². The van der Waals surface area contributed by atoms with Gasteiger partial charge in [-0.2, -0.15) is 0 Å². The zero-order chi connectivity index (χ0) is 18.9. The Hall–Kier alpha value is -2.76. The number of nitrogens with zero attached hydrogens (tertiary/aromatic N) is 3. The van der Waals surface area contributed by atoms with E-state index in [2.05, 4.69) is 80.2 Å². The lowest BCUT2D eigenvalue weighted by atomic mass is 10.1. The number of rotatable bonds is 4. The summed E-state index contributed by atoms with van der Waals surface area (Å²) < 4.78 is 2.95. The van der Waals surface area contributed by atoms with Gasteiger partial charge in [-0.25, -0.2) is 4.98 Å². The molecule has 0 saturated carbocycles. The number of benzene rings is 2. The first-order valence-corrected chi connectivity index (χ1v) is 10.1. The molecular formula is C23H22N4S. The first-order chi connectivity index (χ1) is 13.8. The van der Waals surface area contributed by atoms with Crippen molar-refractivity contribution >= 4 is 23.1 Å².